The number of aromatic nitrogens is 2. The first-order chi connectivity index (χ1) is 16.5. The van der Waals surface area contributed by atoms with Gasteiger partial charge in [-0.25, -0.2) is 0 Å². The standard InChI is InChI=1S/C29H40N2O4.ClH/c1-17-10-18(2)30-16-23(17)14-24(32)13-21(8-9-25(33)34)27-26(20-6-7-20)28(35-31-27)22-11-19(12-22)15-29(3,4)5;/h10,16,19-22H,6-9,11-15H2,1-5H3,(H,33,34);1H/t19?,21-,22?;/m0./s1. The van der Waals surface area contributed by atoms with Crippen LogP contribution in [0.1, 0.15) is 124 Å². The molecule has 2 heterocycles. The van der Waals surface area contributed by atoms with Gasteiger partial charge >= 0.3 is 5.97 Å². The second kappa shape index (κ2) is 11.5. The molecule has 1 N–H and O–H groups in total. The predicted molar refractivity (Wildman–Crippen MR) is 142 cm³/mol. The molecule has 0 radical (unpaired) electrons. The zero-order chi connectivity index (χ0) is 25.3. The van der Waals surface area contributed by atoms with Crippen LogP contribution in [-0.2, 0) is 16.0 Å². The summed E-state index contributed by atoms with van der Waals surface area (Å²) < 4.78 is 5.98. The lowest BCUT2D eigenvalue weighted by molar-refractivity contribution is -0.137. The van der Waals surface area contributed by atoms with Crippen LogP contribution < -0.4 is 0 Å². The first-order valence-electron chi connectivity index (χ1n) is 13.1. The quantitative estimate of drug-likeness (QED) is 0.343. The third-order valence-corrected chi connectivity index (χ3v) is 7.59. The molecule has 36 heavy (non-hydrogen) atoms. The van der Waals surface area contributed by atoms with E-state index in [-0.39, 0.29) is 36.9 Å². The summed E-state index contributed by atoms with van der Waals surface area (Å²) in [7, 11) is 0. The van der Waals surface area contributed by atoms with Crippen LogP contribution in [0.4, 0.5) is 0 Å². The molecule has 1 atom stereocenters. The topological polar surface area (TPSA) is 93.3 Å². The Morgan fingerprint density at radius 3 is 2.44 bits per heavy atom. The molecule has 4 rings (SSSR count). The Morgan fingerprint density at radius 2 is 1.86 bits per heavy atom. The van der Waals surface area contributed by atoms with Gasteiger partial charge in [-0.05, 0) is 86.8 Å². The summed E-state index contributed by atoms with van der Waals surface area (Å²) >= 11 is 0. The van der Waals surface area contributed by atoms with Gasteiger partial charge in [-0.1, -0.05) is 25.9 Å². The number of hydrogen-bond donors (Lipinski definition) is 1. The van der Waals surface area contributed by atoms with Gasteiger partial charge in [-0.3, -0.25) is 14.6 Å². The summed E-state index contributed by atoms with van der Waals surface area (Å²) in [6.07, 6.45) is 8.50. The van der Waals surface area contributed by atoms with Crippen LogP contribution in [0.2, 0.25) is 0 Å². The molecule has 2 aliphatic carbocycles. The Labute approximate surface area is 221 Å². The highest BCUT2D eigenvalue weighted by Crippen LogP contribution is 2.53. The van der Waals surface area contributed by atoms with E-state index < -0.39 is 5.97 Å². The van der Waals surface area contributed by atoms with Gasteiger partial charge < -0.3 is 9.63 Å². The van der Waals surface area contributed by atoms with E-state index in [2.05, 4.69) is 30.9 Å². The van der Waals surface area contributed by atoms with Crippen molar-refractivity contribution < 1.29 is 19.2 Å². The summed E-state index contributed by atoms with van der Waals surface area (Å²) in [5, 5.41) is 13.9. The van der Waals surface area contributed by atoms with Crippen LogP contribution in [0.25, 0.3) is 0 Å². The molecule has 7 heteroatoms. The van der Waals surface area contributed by atoms with Gasteiger partial charge in [0.2, 0.25) is 0 Å². The summed E-state index contributed by atoms with van der Waals surface area (Å²) in [6, 6.07) is 1.99. The first kappa shape index (κ1) is 28.4. The number of carbonyl (C=O) groups excluding carboxylic acids is 1. The number of Topliss-reactive ketones (excluding diaryl/α,β-unsaturated/α-hetero) is 1. The van der Waals surface area contributed by atoms with Gasteiger partial charge in [0.25, 0.3) is 0 Å². The van der Waals surface area contributed by atoms with E-state index in [1.807, 2.05) is 19.9 Å². The molecule has 6 nitrogen and oxygen atoms in total. The average molecular weight is 517 g/mol. The van der Waals surface area contributed by atoms with E-state index in [4.69, 9.17) is 4.52 Å². The molecule has 2 aromatic heterocycles. The van der Waals surface area contributed by atoms with E-state index in [1.165, 1.54) is 12.0 Å². The monoisotopic (exact) mass is 516 g/mol. The third-order valence-electron chi connectivity index (χ3n) is 7.59. The third kappa shape index (κ3) is 7.18. The molecule has 0 amide bonds. The minimum absolute atomic E-state index is 0. The molecular weight excluding hydrogens is 476 g/mol. The molecule has 0 bridgehead atoms. The summed E-state index contributed by atoms with van der Waals surface area (Å²) in [4.78, 5) is 28.9. The molecule has 2 aliphatic rings. The van der Waals surface area contributed by atoms with Crippen LogP contribution in [-0.4, -0.2) is 27.0 Å². The zero-order valence-corrected chi connectivity index (χ0v) is 23.1. The molecule has 198 valence electrons. The van der Waals surface area contributed by atoms with Gasteiger partial charge in [-0.2, -0.15) is 0 Å². The van der Waals surface area contributed by atoms with Crippen molar-refractivity contribution in [1.29, 1.82) is 0 Å². The van der Waals surface area contributed by atoms with Crippen molar-refractivity contribution in [3.05, 3.63) is 46.1 Å². The number of halogens is 1. The number of pyridine rings is 1. The van der Waals surface area contributed by atoms with Crippen LogP contribution >= 0.6 is 12.4 Å². The van der Waals surface area contributed by atoms with Gasteiger partial charge in [0, 0.05) is 48.6 Å². The van der Waals surface area contributed by atoms with Crippen LogP contribution in [0.3, 0.4) is 0 Å². The second-order valence-corrected chi connectivity index (χ2v) is 12.2. The maximum atomic E-state index is 13.1. The summed E-state index contributed by atoms with van der Waals surface area (Å²) in [5.41, 5.74) is 5.29. The fourth-order valence-corrected chi connectivity index (χ4v) is 5.78. The Hall–Kier alpha value is -2.21. The zero-order valence-electron chi connectivity index (χ0n) is 22.3. The smallest absolute Gasteiger partial charge is 0.303 e. The number of ketones is 1. The minimum atomic E-state index is -0.846. The number of aliphatic carboxylic acids is 1. The van der Waals surface area contributed by atoms with Crippen LogP contribution in [0, 0.1) is 25.2 Å². The van der Waals surface area contributed by atoms with Crippen LogP contribution in [0.5, 0.6) is 0 Å². The number of carboxylic acids is 1. The minimum Gasteiger partial charge on any atom is -0.481 e. The molecule has 0 unspecified atom stereocenters. The van der Waals surface area contributed by atoms with Crippen molar-refractivity contribution in [2.75, 3.05) is 0 Å². The largest absolute Gasteiger partial charge is 0.481 e. The molecular formula is C29H41ClN2O4. The molecule has 2 saturated carbocycles. The Bertz CT molecular complexity index is 1080. The highest BCUT2D eigenvalue weighted by molar-refractivity contribution is 5.85. The molecule has 2 fully saturated rings. The fraction of sp³-hybridized carbons (Fsp3) is 0.655. The number of rotatable bonds is 11. The molecule has 0 aliphatic heterocycles. The van der Waals surface area contributed by atoms with E-state index in [0.717, 1.165) is 59.9 Å². The van der Waals surface area contributed by atoms with E-state index in [0.29, 0.717) is 30.1 Å². The molecule has 2 aromatic rings. The number of carbonyl (C=O) groups is 2. The van der Waals surface area contributed by atoms with Gasteiger partial charge in [0.15, 0.2) is 0 Å². The van der Waals surface area contributed by atoms with Crippen molar-refractivity contribution in [2.24, 2.45) is 11.3 Å². The van der Waals surface area contributed by atoms with Gasteiger partial charge in [0.1, 0.15) is 11.5 Å². The SMILES string of the molecule is Cc1cc(C)c(CC(=O)C[C@H](CCC(=O)O)c2noc(C3CC(CC(C)(C)C)C3)c2C2CC2)cn1.Cl. The van der Waals surface area contributed by atoms with E-state index in [9.17, 15) is 14.7 Å². The Morgan fingerprint density at radius 1 is 1.17 bits per heavy atom. The maximum absolute atomic E-state index is 13.1. The Balaban J connectivity index is 0.00000361. The van der Waals surface area contributed by atoms with Gasteiger partial charge in [-0.15, -0.1) is 12.4 Å². The van der Waals surface area contributed by atoms with Crippen molar-refractivity contribution in [3.8, 4) is 0 Å². The predicted octanol–water partition coefficient (Wildman–Crippen LogP) is 7.07. The normalized spacial score (nSPS) is 20.4. The average Bonchev–Trinajstić information content (AvgIpc) is 3.47. The molecule has 0 spiro atoms. The van der Waals surface area contributed by atoms with Crippen molar-refractivity contribution >= 4 is 24.2 Å². The van der Waals surface area contributed by atoms with Crippen molar-refractivity contribution in [3.63, 3.8) is 0 Å². The van der Waals surface area contributed by atoms with E-state index >= 15 is 0 Å². The lowest BCUT2D eigenvalue weighted by Crippen LogP contribution is -2.26. The number of nitrogens with zero attached hydrogens (tertiary/aromatic N) is 2. The number of carboxylic acid groups (broad SMARTS) is 1. The van der Waals surface area contributed by atoms with Gasteiger partial charge in [0.05, 0.1) is 5.69 Å². The first-order valence-corrected chi connectivity index (χ1v) is 13.1. The number of hydrogen-bond acceptors (Lipinski definition) is 5. The molecule has 0 saturated heterocycles. The lowest BCUT2D eigenvalue weighted by Gasteiger charge is -2.38. The van der Waals surface area contributed by atoms with E-state index in [1.54, 1.807) is 6.20 Å². The highest BCUT2D eigenvalue weighted by Gasteiger charge is 2.42. The van der Waals surface area contributed by atoms with Crippen molar-refractivity contribution in [2.45, 2.75) is 110 Å². The van der Waals surface area contributed by atoms with Crippen molar-refractivity contribution in [1.82, 2.24) is 10.1 Å². The van der Waals surface area contributed by atoms with Crippen LogP contribution in [0.15, 0.2) is 16.8 Å². The number of aryl methyl sites for hydroxylation is 2. The maximum Gasteiger partial charge on any atom is 0.303 e. The fourth-order valence-electron chi connectivity index (χ4n) is 5.78. The Kier molecular flexibility index (Phi) is 9.02. The highest BCUT2D eigenvalue weighted by atomic mass is 35.5. The second-order valence-electron chi connectivity index (χ2n) is 12.2. The summed E-state index contributed by atoms with van der Waals surface area (Å²) in [6.45, 7) is 10.8. The molecule has 0 aromatic carbocycles. The summed E-state index contributed by atoms with van der Waals surface area (Å²) in [5.74, 6) is 1.59. The lowest BCUT2D eigenvalue weighted by atomic mass is 9.66.